The molecule has 1 saturated carbocycles. The van der Waals surface area contributed by atoms with Crippen molar-refractivity contribution in [2.24, 2.45) is 5.92 Å². The second kappa shape index (κ2) is 9.81. The molecule has 1 aliphatic carbocycles. The molecule has 0 aliphatic heterocycles. The predicted octanol–water partition coefficient (Wildman–Crippen LogP) is 6.58. The number of hydrogen-bond donors (Lipinski definition) is 2. The molecule has 1 unspecified atom stereocenters. The van der Waals surface area contributed by atoms with Crippen molar-refractivity contribution >= 4 is 11.6 Å². The van der Waals surface area contributed by atoms with Crippen molar-refractivity contribution < 1.29 is 31.9 Å². The van der Waals surface area contributed by atoms with Gasteiger partial charge in [-0.2, -0.15) is 0 Å². The van der Waals surface area contributed by atoms with Crippen LogP contribution in [0.1, 0.15) is 67.7 Å². The van der Waals surface area contributed by atoms with Gasteiger partial charge in [0.1, 0.15) is 28.7 Å². The van der Waals surface area contributed by atoms with Crippen molar-refractivity contribution in [3.05, 3.63) is 77.1 Å². The number of benzene rings is 1. The third-order valence-electron chi connectivity index (χ3n) is 6.60. The maximum atomic E-state index is 14.8. The zero-order valence-corrected chi connectivity index (χ0v) is 20.5. The number of nitrogens with one attached hydrogen (secondary N) is 1. The highest BCUT2D eigenvalue weighted by atomic mass is 19.3. The SMILES string of the molecule is C[C@@H]1CC(F)(F)CCC1c1nccc(-c2cc(F)ccc2F)c1NC(=O)c1cnc(C(C)(C)O)c(F)c1. The molecule has 4 rings (SSSR count). The maximum absolute atomic E-state index is 14.8. The number of pyridine rings is 2. The molecule has 196 valence electrons. The van der Waals surface area contributed by atoms with Crippen LogP contribution in [0, 0.1) is 23.4 Å². The summed E-state index contributed by atoms with van der Waals surface area (Å²) in [6.45, 7) is 4.33. The molecule has 3 aromatic rings. The van der Waals surface area contributed by atoms with Gasteiger partial charge in [-0.05, 0) is 56.5 Å². The van der Waals surface area contributed by atoms with Gasteiger partial charge in [0, 0.05) is 42.3 Å². The smallest absolute Gasteiger partial charge is 0.257 e. The van der Waals surface area contributed by atoms with Crippen molar-refractivity contribution in [3.63, 3.8) is 0 Å². The monoisotopic (exact) mass is 519 g/mol. The number of aromatic nitrogens is 2. The number of carbonyl (C=O) groups excluding carboxylic acids is 1. The summed E-state index contributed by atoms with van der Waals surface area (Å²) in [5.74, 6) is -7.08. The van der Waals surface area contributed by atoms with Crippen LogP contribution in [0.5, 0.6) is 0 Å². The van der Waals surface area contributed by atoms with Gasteiger partial charge >= 0.3 is 0 Å². The van der Waals surface area contributed by atoms with E-state index in [2.05, 4.69) is 15.3 Å². The van der Waals surface area contributed by atoms with Gasteiger partial charge < -0.3 is 10.4 Å². The quantitative estimate of drug-likeness (QED) is 0.374. The van der Waals surface area contributed by atoms with Gasteiger partial charge in [-0.3, -0.25) is 14.8 Å². The predicted molar refractivity (Wildman–Crippen MR) is 128 cm³/mol. The molecule has 0 spiro atoms. The molecule has 2 atom stereocenters. The maximum Gasteiger partial charge on any atom is 0.257 e. The highest BCUT2D eigenvalue weighted by Gasteiger charge is 2.41. The van der Waals surface area contributed by atoms with Crippen molar-refractivity contribution in [1.29, 1.82) is 0 Å². The van der Waals surface area contributed by atoms with Gasteiger partial charge in [0.2, 0.25) is 5.92 Å². The summed E-state index contributed by atoms with van der Waals surface area (Å²) in [6, 6.07) is 5.13. The van der Waals surface area contributed by atoms with Crippen LogP contribution < -0.4 is 5.32 Å². The second-order valence-corrected chi connectivity index (χ2v) is 9.99. The lowest BCUT2D eigenvalue weighted by atomic mass is 9.75. The van der Waals surface area contributed by atoms with Gasteiger partial charge in [0.15, 0.2) is 0 Å². The Morgan fingerprint density at radius 3 is 2.46 bits per heavy atom. The van der Waals surface area contributed by atoms with Gasteiger partial charge in [0.25, 0.3) is 5.91 Å². The van der Waals surface area contributed by atoms with Crippen LogP contribution >= 0.6 is 0 Å². The van der Waals surface area contributed by atoms with E-state index in [0.717, 1.165) is 30.5 Å². The van der Waals surface area contributed by atoms with Crippen molar-refractivity contribution in [2.45, 2.75) is 57.5 Å². The molecule has 1 fully saturated rings. The number of halogens is 5. The number of anilines is 1. The molecule has 2 heterocycles. The fraction of sp³-hybridized carbons (Fsp3) is 0.370. The molecule has 5 nitrogen and oxygen atoms in total. The minimum Gasteiger partial charge on any atom is -0.384 e. The van der Waals surface area contributed by atoms with Crippen LogP contribution in [-0.4, -0.2) is 26.9 Å². The number of carbonyl (C=O) groups is 1. The van der Waals surface area contributed by atoms with Gasteiger partial charge in [-0.25, -0.2) is 22.0 Å². The summed E-state index contributed by atoms with van der Waals surface area (Å²) >= 11 is 0. The molecule has 1 amide bonds. The Morgan fingerprint density at radius 2 is 1.81 bits per heavy atom. The van der Waals surface area contributed by atoms with E-state index in [1.165, 1.54) is 26.1 Å². The molecule has 0 bridgehead atoms. The van der Waals surface area contributed by atoms with Crippen LogP contribution in [0.4, 0.5) is 27.6 Å². The van der Waals surface area contributed by atoms with Gasteiger partial charge in [-0.1, -0.05) is 6.92 Å². The summed E-state index contributed by atoms with van der Waals surface area (Å²) in [7, 11) is 0. The summed E-state index contributed by atoms with van der Waals surface area (Å²) in [5, 5.41) is 12.7. The number of hydrogen-bond acceptors (Lipinski definition) is 4. The third-order valence-corrected chi connectivity index (χ3v) is 6.60. The van der Waals surface area contributed by atoms with Gasteiger partial charge in [-0.15, -0.1) is 0 Å². The molecule has 0 radical (unpaired) electrons. The van der Waals surface area contributed by atoms with E-state index in [1.807, 2.05) is 0 Å². The lowest BCUT2D eigenvalue weighted by molar-refractivity contribution is -0.0558. The van der Waals surface area contributed by atoms with E-state index in [1.54, 1.807) is 6.92 Å². The van der Waals surface area contributed by atoms with E-state index in [-0.39, 0.29) is 46.6 Å². The van der Waals surface area contributed by atoms with E-state index < -0.39 is 53.1 Å². The molecule has 0 saturated heterocycles. The third kappa shape index (κ3) is 5.64. The average Bonchev–Trinajstić information content (AvgIpc) is 2.79. The fourth-order valence-electron chi connectivity index (χ4n) is 4.79. The Hall–Kier alpha value is -3.40. The number of alkyl halides is 2. The van der Waals surface area contributed by atoms with Crippen molar-refractivity contribution in [3.8, 4) is 11.1 Å². The van der Waals surface area contributed by atoms with E-state index in [9.17, 15) is 31.9 Å². The fourth-order valence-corrected chi connectivity index (χ4v) is 4.79. The summed E-state index contributed by atoms with van der Waals surface area (Å²) in [6.07, 6.45) is 1.72. The number of nitrogens with zero attached hydrogens (tertiary/aromatic N) is 2. The van der Waals surface area contributed by atoms with Crippen molar-refractivity contribution in [1.82, 2.24) is 9.97 Å². The van der Waals surface area contributed by atoms with Crippen LogP contribution in [0.15, 0.2) is 42.7 Å². The second-order valence-electron chi connectivity index (χ2n) is 9.99. The van der Waals surface area contributed by atoms with E-state index in [4.69, 9.17) is 0 Å². The Bertz CT molecular complexity index is 1340. The van der Waals surface area contributed by atoms with E-state index >= 15 is 0 Å². The largest absolute Gasteiger partial charge is 0.384 e. The Morgan fingerprint density at radius 1 is 1.08 bits per heavy atom. The summed E-state index contributed by atoms with van der Waals surface area (Å²) < 4.78 is 71.5. The average molecular weight is 520 g/mol. The normalized spacial score (nSPS) is 19.5. The zero-order valence-electron chi connectivity index (χ0n) is 20.5. The highest BCUT2D eigenvalue weighted by Crippen LogP contribution is 2.47. The van der Waals surface area contributed by atoms with Crippen molar-refractivity contribution in [2.75, 3.05) is 5.32 Å². The van der Waals surface area contributed by atoms with Crippen LogP contribution in [0.3, 0.4) is 0 Å². The Balaban J connectivity index is 1.81. The molecule has 2 aromatic heterocycles. The molecular formula is C27H26F5N3O2. The molecule has 37 heavy (non-hydrogen) atoms. The first-order chi connectivity index (χ1) is 17.3. The molecule has 10 heteroatoms. The first kappa shape index (κ1) is 26.7. The lowest BCUT2D eigenvalue weighted by Gasteiger charge is -2.34. The first-order valence-corrected chi connectivity index (χ1v) is 11.8. The number of aliphatic hydroxyl groups is 1. The molecule has 2 N–H and O–H groups in total. The minimum atomic E-state index is -2.84. The number of rotatable bonds is 5. The lowest BCUT2D eigenvalue weighted by Crippen LogP contribution is -2.31. The zero-order chi connectivity index (χ0) is 27.1. The standard InChI is InChI=1S/C27H26F5N3O2/c1-14-12-27(31,32)8-6-17(14)22-23(18(7-9-33-22)19-11-16(28)4-5-20(19)29)35-25(36)15-10-21(30)24(34-13-15)26(2,3)37/h4-5,7,9-11,13-14,17,37H,6,8,12H2,1-3H3,(H,35,36)/t14-,17?/m1/s1. The molecule has 1 aromatic carbocycles. The van der Waals surface area contributed by atoms with E-state index in [0.29, 0.717) is 0 Å². The van der Waals surface area contributed by atoms with Crippen LogP contribution in [0.25, 0.3) is 11.1 Å². The first-order valence-electron chi connectivity index (χ1n) is 11.8. The Kier molecular flexibility index (Phi) is 7.07. The number of amides is 1. The topological polar surface area (TPSA) is 75.1 Å². The summed E-state index contributed by atoms with van der Waals surface area (Å²) in [4.78, 5) is 21.4. The highest BCUT2D eigenvalue weighted by molar-refractivity contribution is 6.06. The minimum absolute atomic E-state index is 0.0195. The Labute approximate surface area is 210 Å². The molecular weight excluding hydrogens is 493 g/mol. The molecule has 1 aliphatic rings. The summed E-state index contributed by atoms with van der Waals surface area (Å²) in [5.41, 5.74) is -1.84. The van der Waals surface area contributed by atoms with Crippen LogP contribution in [-0.2, 0) is 5.60 Å². The van der Waals surface area contributed by atoms with Gasteiger partial charge in [0.05, 0.1) is 16.9 Å². The van der Waals surface area contributed by atoms with Crippen LogP contribution in [0.2, 0.25) is 0 Å².